The number of ether oxygens (including phenoxy) is 4. The number of nitrogens with zero attached hydrogens (tertiary/aromatic N) is 2. The van der Waals surface area contributed by atoms with Gasteiger partial charge in [-0.25, -0.2) is 9.80 Å². The van der Waals surface area contributed by atoms with Gasteiger partial charge in [-0.1, -0.05) is 0 Å². The molecule has 0 saturated carbocycles. The van der Waals surface area contributed by atoms with Gasteiger partial charge in [-0.05, 0) is 60.2 Å². The molecule has 0 aliphatic carbocycles. The maximum Gasteiger partial charge on any atom is 0.338 e. The number of benzene rings is 2. The van der Waals surface area contributed by atoms with Gasteiger partial charge in [0.2, 0.25) is 0 Å². The van der Waals surface area contributed by atoms with Crippen molar-refractivity contribution in [2.75, 3.05) is 27.9 Å². The van der Waals surface area contributed by atoms with Gasteiger partial charge in [0.05, 0.1) is 38.9 Å². The van der Waals surface area contributed by atoms with Crippen LogP contribution in [0.25, 0.3) is 0 Å². The van der Waals surface area contributed by atoms with Crippen LogP contribution >= 0.6 is 0 Å². The van der Waals surface area contributed by atoms with E-state index in [-0.39, 0.29) is 5.56 Å². The van der Waals surface area contributed by atoms with Crippen LogP contribution in [0, 0.1) is 0 Å². The number of carbonyl (C=O) groups is 2. The minimum Gasteiger partial charge on any atom is -0.497 e. The highest BCUT2D eigenvalue weighted by molar-refractivity contribution is 6.03. The van der Waals surface area contributed by atoms with E-state index >= 15 is 0 Å². The van der Waals surface area contributed by atoms with Crippen LogP contribution in [0.4, 0.5) is 0 Å². The maximum atomic E-state index is 13.0. The van der Waals surface area contributed by atoms with Crippen LogP contribution in [0.5, 0.6) is 17.2 Å². The molecule has 4 rings (SSSR count). The lowest BCUT2D eigenvalue weighted by molar-refractivity contribution is -0.136. The van der Waals surface area contributed by atoms with Crippen molar-refractivity contribution >= 4 is 17.6 Å². The van der Waals surface area contributed by atoms with Gasteiger partial charge in [-0.3, -0.25) is 4.79 Å². The quantitative estimate of drug-likeness (QED) is 0.467. The lowest BCUT2D eigenvalue weighted by atomic mass is 10.0. The molecule has 1 atom stereocenters. The van der Waals surface area contributed by atoms with Gasteiger partial charge in [-0.15, -0.1) is 0 Å². The second-order valence-corrected chi connectivity index (χ2v) is 7.39. The summed E-state index contributed by atoms with van der Waals surface area (Å²) in [4.78, 5) is 25.6. The van der Waals surface area contributed by atoms with Crippen LogP contribution in [0.15, 0.2) is 70.4 Å². The van der Waals surface area contributed by atoms with Crippen LogP contribution in [0.2, 0.25) is 0 Å². The average molecular weight is 464 g/mol. The fourth-order valence-corrected chi connectivity index (χ4v) is 3.64. The molecule has 2 aromatic carbocycles. The molecule has 0 saturated heterocycles. The van der Waals surface area contributed by atoms with E-state index in [4.69, 9.17) is 23.4 Å². The minimum absolute atomic E-state index is 0.233. The molecule has 9 heteroatoms. The molecule has 0 spiro atoms. The molecule has 0 N–H and O–H groups in total. The Bertz CT molecular complexity index is 1190. The first-order valence-corrected chi connectivity index (χ1v) is 10.5. The van der Waals surface area contributed by atoms with Crippen LogP contribution in [0.3, 0.4) is 0 Å². The van der Waals surface area contributed by atoms with Crippen molar-refractivity contribution in [3.8, 4) is 17.2 Å². The molecule has 0 radical (unpaired) electrons. The summed E-state index contributed by atoms with van der Waals surface area (Å²) in [6.45, 7) is -0.482. The first-order chi connectivity index (χ1) is 16.5. The summed E-state index contributed by atoms with van der Waals surface area (Å²) in [5, 5.41) is 5.83. The van der Waals surface area contributed by atoms with E-state index in [1.165, 1.54) is 31.4 Å². The maximum absolute atomic E-state index is 13.0. The Morgan fingerprint density at radius 2 is 1.76 bits per heavy atom. The van der Waals surface area contributed by atoms with Crippen LogP contribution in [-0.2, 0) is 9.53 Å². The van der Waals surface area contributed by atoms with Gasteiger partial charge in [-0.2, -0.15) is 5.10 Å². The van der Waals surface area contributed by atoms with E-state index in [0.717, 1.165) is 11.3 Å². The van der Waals surface area contributed by atoms with E-state index in [1.54, 1.807) is 31.6 Å². The van der Waals surface area contributed by atoms with Gasteiger partial charge in [0.1, 0.15) is 17.6 Å². The predicted octanol–water partition coefficient (Wildman–Crippen LogP) is 3.84. The molecule has 2 heterocycles. The molecule has 176 valence electrons. The summed E-state index contributed by atoms with van der Waals surface area (Å²) in [6.07, 6.45) is 2.00. The molecule has 0 bridgehead atoms. The fraction of sp³-hybridized carbons (Fsp3) is 0.240. The molecule has 1 aromatic heterocycles. The van der Waals surface area contributed by atoms with Gasteiger partial charge in [0.15, 0.2) is 18.1 Å². The number of rotatable bonds is 8. The van der Waals surface area contributed by atoms with Gasteiger partial charge in [0, 0.05) is 6.42 Å². The third-order valence-electron chi connectivity index (χ3n) is 5.41. The van der Waals surface area contributed by atoms with E-state index in [9.17, 15) is 9.59 Å². The summed E-state index contributed by atoms with van der Waals surface area (Å²) < 4.78 is 26.4. The number of hydrogen-bond acceptors (Lipinski definition) is 8. The lowest BCUT2D eigenvalue weighted by Crippen LogP contribution is -2.31. The molecule has 1 aliphatic rings. The normalized spacial score (nSPS) is 15.0. The molecule has 0 fully saturated rings. The highest BCUT2D eigenvalue weighted by atomic mass is 16.5. The number of methoxy groups -OCH3 is 3. The summed E-state index contributed by atoms with van der Waals surface area (Å²) >= 11 is 0. The number of hydrazone groups is 1. The van der Waals surface area contributed by atoms with Gasteiger partial charge in [0.25, 0.3) is 5.91 Å². The molecule has 1 amide bonds. The Morgan fingerprint density at radius 3 is 2.41 bits per heavy atom. The number of furan rings is 1. The number of hydrogen-bond donors (Lipinski definition) is 0. The molecule has 9 nitrogen and oxygen atoms in total. The molecule has 1 unspecified atom stereocenters. The van der Waals surface area contributed by atoms with Gasteiger partial charge < -0.3 is 23.4 Å². The lowest BCUT2D eigenvalue weighted by Gasteiger charge is -2.19. The molecular formula is C25H24N2O7. The van der Waals surface area contributed by atoms with E-state index in [1.807, 2.05) is 24.3 Å². The van der Waals surface area contributed by atoms with E-state index < -0.39 is 24.5 Å². The number of carbonyl (C=O) groups excluding carboxylic acids is 2. The smallest absolute Gasteiger partial charge is 0.338 e. The van der Waals surface area contributed by atoms with Crippen molar-refractivity contribution in [3.05, 3.63) is 77.7 Å². The van der Waals surface area contributed by atoms with Crippen molar-refractivity contribution < 1.29 is 33.0 Å². The van der Waals surface area contributed by atoms with Crippen molar-refractivity contribution in [3.63, 3.8) is 0 Å². The van der Waals surface area contributed by atoms with E-state index in [0.29, 0.717) is 29.4 Å². The van der Waals surface area contributed by atoms with Crippen molar-refractivity contribution in [2.45, 2.75) is 12.5 Å². The molecular weight excluding hydrogens is 440 g/mol. The highest BCUT2D eigenvalue weighted by Crippen LogP contribution is 2.33. The summed E-state index contributed by atoms with van der Waals surface area (Å²) in [6, 6.07) is 15.1. The Labute approximate surface area is 196 Å². The van der Waals surface area contributed by atoms with Crippen molar-refractivity contribution in [1.82, 2.24) is 5.01 Å². The highest BCUT2D eigenvalue weighted by Gasteiger charge is 2.35. The summed E-state index contributed by atoms with van der Waals surface area (Å²) in [7, 11) is 4.57. The summed E-state index contributed by atoms with van der Waals surface area (Å²) in [5.41, 5.74) is 1.80. The standard InChI is InChI=1S/C25H24N2O7/c1-30-18-9-6-16(7-10-18)19-14-20(21-5-4-12-33-21)27(26-19)24(28)15-34-25(29)17-8-11-22(31-2)23(13-17)32-3/h4-13,20H,14-15H2,1-3H3. The minimum atomic E-state index is -0.664. The van der Waals surface area contributed by atoms with Crippen LogP contribution in [0.1, 0.15) is 34.1 Å². The molecule has 1 aliphatic heterocycles. The topological polar surface area (TPSA) is 99.8 Å². The SMILES string of the molecule is COc1ccc(C2=NN(C(=O)COC(=O)c3ccc(OC)c(OC)c3)C(c3ccco3)C2)cc1. The molecule has 3 aromatic rings. The van der Waals surface area contributed by atoms with Crippen molar-refractivity contribution in [2.24, 2.45) is 5.10 Å². The zero-order valence-corrected chi connectivity index (χ0v) is 19.0. The zero-order chi connectivity index (χ0) is 24.1. The average Bonchev–Trinajstić information content (AvgIpc) is 3.57. The first kappa shape index (κ1) is 22.9. The number of amides is 1. The largest absolute Gasteiger partial charge is 0.497 e. The third-order valence-corrected chi connectivity index (χ3v) is 5.41. The van der Waals surface area contributed by atoms with Gasteiger partial charge >= 0.3 is 5.97 Å². The first-order valence-electron chi connectivity index (χ1n) is 10.5. The molecule has 34 heavy (non-hydrogen) atoms. The number of esters is 1. The second kappa shape index (κ2) is 10.1. The third kappa shape index (κ3) is 4.73. The predicted molar refractivity (Wildman–Crippen MR) is 122 cm³/mol. The summed E-state index contributed by atoms with van der Waals surface area (Å²) in [5.74, 6) is 1.04. The Hall–Kier alpha value is -4.27. The van der Waals surface area contributed by atoms with Crippen molar-refractivity contribution in [1.29, 1.82) is 0 Å². The Kier molecular flexibility index (Phi) is 6.82. The fourth-order valence-electron chi connectivity index (χ4n) is 3.64. The van der Waals surface area contributed by atoms with Crippen LogP contribution < -0.4 is 14.2 Å². The monoisotopic (exact) mass is 464 g/mol. The van der Waals surface area contributed by atoms with E-state index in [2.05, 4.69) is 5.10 Å². The Morgan fingerprint density at radius 1 is 1.00 bits per heavy atom. The second-order valence-electron chi connectivity index (χ2n) is 7.39. The Balaban J connectivity index is 1.50. The van der Waals surface area contributed by atoms with Crippen LogP contribution in [-0.4, -0.2) is 50.5 Å². The zero-order valence-electron chi connectivity index (χ0n) is 19.0.